The predicted octanol–water partition coefficient (Wildman–Crippen LogP) is 3.97. The minimum absolute atomic E-state index is 0.536. The number of nitrogens with zero attached hydrogens (tertiary/aromatic N) is 1. The molecule has 1 N–H and O–H groups in total. The molecule has 2 aromatic rings. The number of nitrogens with one attached hydrogen (secondary N) is 1. The fraction of sp³-hybridized carbons (Fsp3) is 0.278. The number of aryl methyl sites for hydroxylation is 1. The van der Waals surface area contributed by atoms with Gasteiger partial charge in [-0.25, -0.2) is 0 Å². The lowest BCUT2D eigenvalue weighted by Gasteiger charge is -2.26. The van der Waals surface area contributed by atoms with Crippen LogP contribution in [0, 0.1) is 11.3 Å². The Bertz CT molecular complexity index is 671. The predicted molar refractivity (Wildman–Crippen MR) is 88.0 cm³/mol. The molecule has 1 aliphatic rings. The van der Waals surface area contributed by atoms with E-state index in [-0.39, 0.29) is 0 Å². The van der Waals surface area contributed by atoms with Crippen molar-refractivity contribution in [1.82, 2.24) is 5.32 Å². The zero-order valence-corrected chi connectivity index (χ0v) is 13.4. The van der Waals surface area contributed by atoms with Gasteiger partial charge in [-0.3, -0.25) is 0 Å². The minimum atomic E-state index is 0.536. The maximum absolute atomic E-state index is 8.81. The normalized spacial score (nSPS) is 17.0. The second kappa shape index (κ2) is 6.43. The summed E-state index contributed by atoms with van der Waals surface area (Å²) in [4.78, 5) is 0. The van der Waals surface area contributed by atoms with Crippen LogP contribution in [0.15, 0.2) is 46.9 Å². The Morgan fingerprint density at radius 2 is 1.95 bits per heavy atom. The maximum Gasteiger partial charge on any atom is 0.0991 e. The summed E-state index contributed by atoms with van der Waals surface area (Å²) in [5.41, 5.74) is 4.88. The molecule has 0 fully saturated rings. The molecule has 1 unspecified atom stereocenters. The van der Waals surface area contributed by atoms with E-state index < -0.39 is 0 Å². The van der Waals surface area contributed by atoms with Crippen LogP contribution in [0.1, 0.15) is 28.7 Å². The van der Waals surface area contributed by atoms with Gasteiger partial charge in [0.1, 0.15) is 0 Å². The fourth-order valence-electron chi connectivity index (χ4n) is 2.86. The molecule has 21 heavy (non-hydrogen) atoms. The van der Waals surface area contributed by atoms with Crippen LogP contribution in [0.5, 0.6) is 0 Å². The third-order valence-electron chi connectivity index (χ3n) is 4.07. The van der Waals surface area contributed by atoms with Crippen molar-refractivity contribution < 1.29 is 0 Å². The average molecular weight is 341 g/mol. The largest absolute Gasteiger partial charge is 0.310 e. The summed E-state index contributed by atoms with van der Waals surface area (Å²) < 4.78 is 1.17. The fourth-order valence-corrected chi connectivity index (χ4v) is 3.27. The van der Waals surface area contributed by atoms with Crippen molar-refractivity contribution in [2.45, 2.75) is 31.8 Å². The SMILES string of the molecule is N#Cc1ccc(CNC2CCc3cc(Br)ccc3C2)cc1. The van der Waals surface area contributed by atoms with Gasteiger partial charge in [0.25, 0.3) is 0 Å². The van der Waals surface area contributed by atoms with E-state index in [2.05, 4.69) is 45.5 Å². The molecule has 0 aromatic heterocycles. The first-order chi connectivity index (χ1) is 10.2. The number of hydrogen-bond donors (Lipinski definition) is 1. The highest BCUT2D eigenvalue weighted by Crippen LogP contribution is 2.25. The number of nitriles is 1. The summed E-state index contributed by atoms with van der Waals surface area (Å²) in [6.07, 6.45) is 3.42. The highest BCUT2D eigenvalue weighted by atomic mass is 79.9. The third-order valence-corrected chi connectivity index (χ3v) is 4.57. The molecule has 0 bridgehead atoms. The smallest absolute Gasteiger partial charge is 0.0991 e. The standard InChI is InChI=1S/C18H17BrN2/c19-17-7-5-16-10-18(8-6-15(16)9-17)21-12-14-3-1-13(11-20)2-4-14/h1-5,7,9,18,21H,6,8,10,12H2. The second-order valence-electron chi connectivity index (χ2n) is 5.54. The maximum atomic E-state index is 8.81. The summed E-state index contributed by atoms with van der Waals surface area (Å²) in [5.74, 6) is 0. The Labute approximate surface area is 133 Å². The van der Waals surface area contributed by atoms with Crippen molar-refractivity contribution in [3.8, 4) is 6.07 Å². The van der Waals surface area contributed by atoms with Gasteiger partial charge in [0.15, 0.2) is 0 Å². The summed E-state index contributed by atoms with van der Waals surface area (Å²) in [7, 11) is 0. The van der Waals surface area contributed by atoms with Crippen LogP contribution in [0.25, 0.3) is 0 Å². The van der Waals surface area contributed by atoms with Crippen molar-refractivity contribution in [1.29, 1.82) is 5.26 Å². The molecular formula is C18H17BrN2. The second-order valence-corrected chi connectivity index (χ2v) is 6.46. The van der Waals surface area contributed by atoms with Crippen LogP contribution >= 0.6 is 15.9 Å². The molecule has 1 atom stereocenters. The molecule has 0 radical (unpaired) electrons. The zero-order valence-electron chi connectivity index (χ0n) is 11.8. The lowest BCUT2D eigenvalue weighted by Crippen LogP contribution is -2.34. The van der Waals surface area contributed by atoms with Crippen molar-refractivity contribution in [2.75, 3.05) is 0 Å². The Morgan fingerprint density at radius 1 is 1.14 bits per heavy atom. The van der Waals surface area contributed by atoms with Gasteiger partial charge in [0, 0.05) is 17.1 Å². The molecular weight excluding hydrogens is 324 g/mol. The first kappa shape index (κ1) is 14.3. The summed E-state index contributed by atoms with van der Waals surface area (Å²) in [6, 6.07) is 17.1. The van der Waals surface area contributed by atoms with Crippen LogP contribution in [0.2, 0.25) is 0 Å². The van der Waals surface area contributed by atoms with Gasteiger partial charge in [0.2, 0.25) is 0 Å². The number of rotatable bonds is 3. The van der Waals surface area contributed by atoms with Gasteiger partial charge < -0.3 is 5.32 Å². The molecule has 0 heterocycles. The molecule has 0 saturated carbocycles. The lowest BCUT2D eigenvalue weighted by molar-refractivity contribution is 0.457. The Morgan fingerprint density at radius 3 is 2.71 bits per heavy atom. The van der Waals surface area contributed by atoms with Gasteiger partial charge in [-0.1, -0.05) is 34.1 Å². The van der Waals surface area contributed by atoms with E-state index in [0.29, 0.717) is 6.04 Å². The highest BCUT2D eigenvalue weighted by Gasteiger charge is 2.18. The summed E-state index contributed by atoms with van der Waals surface area (Å²) in [6.45, 7) is 0.863. The molecule has 2 aromatic carbocycles. The van der Waals surface area contributed by atoms with Crippen LogP contribution in [0.4, 0.5) is 0 Å². The Balaban J connectivity index is 1.59. The summed E-state index contributed by atoms with van der Waals surface area (Å²) in [5, 5.41) is 12.4. The molecule has 2 nitrogen and oxygen atoms in total. The first-order valence-electron chi connectivity index (χ1n) is 7.24. The van der Waals surface area contributed by atoms with E-state index in [4.69, 9.17) is 5.26 Å². The van der Waals surface area contributed by atoms with Crippen molar-refractivity contribution in [2.24, 2.45) is 0 Å². The van der Waals surface area contributed by atoms with E-state index in [0.717, 1.165) is 24.9 Å². The van der Waals surface area contributed by atoms with Gasteiger partial charge in [-0.05, 0) is 60.2 Å². The van der Waals surface area contributed by atoms with Crippen molar-refractivity contribution in [3.63, 3.8) is 0 Å². The molecule has 0 spiro atoms. The van der Waals surface area contributed by atoms with Crippen LogP contribution in [-0.4, -0.2) is 6.04 Å². The average Bonchev–Trinajstić information content (AvgIpc) is 2.53. The highest BCUT2D eigenvalue weighted by molar-refractivity contribution is 9.10. The van der Waals surface area contributed by atoms with Gasteiger partial charge >= 0.3 is 0 Å². The van der Waals surface area contributed by atoms with E-state index in [1.54, 1.807) is 0 Å². The monoisotopic (exact) mass is 340 g/mol. The number of fused-ring (bicyclic) bond motifs is 1. The Kier molecular flexibility index (Phi) is 4.38. The molecule has 1 aliphatic carbocycles. The number of benzene rings is 2. The van der Waals surface area contributed by atoms with Crippen molar-refractivity contribution in [3.05, 3.63) is 69.2 Å². The third kappa shape index (κ3) is 3.53. The number of halogens is 1. The lowest BCUT2D eigenvalue weighted by atomic mass is 9.88. The molecule has 3 rings (SSSR count). The van der Waals surface area contributed by atoms with E-state index in [1.165, 1.54) is 27.6 Å². The quantitative estimate of drug-likeness (QED) is 0.917. The molecule has 0 aliphatic heterocycles. The topological polar surface area (TPSA) is 35.8 Å². The molecule has 0 amide bonds. The van der Waals surface area contributed by atoms with Crippen LogP contribution in [-0.2, 0) is 19.4 Å². The first-order valence-corrected chi connectivity index (χ1v) is 8.03. The zero-order chi connectivity index (χ0) is 14.7. The summed E-state index contributed by atoms with van der Waals surface area (Å²) >= 11 is 3.54. The van der Waals surface area contributed by atoms with Gasteiger partial charge in [-0.15, -0.1) is 0 Å². The van der Waals surface area contributed by atoms with E-state index in [1.807, 2.05) is 24.3 Å². The molecule has 3 heteroatoms. The molecule has 0 saturated heterocycles. The number of hydrogen-bond acceptors (Lipinski definition) is 2. The van der Waals surface area contributed by atoms with Crippen molar-refractivity contribution >= 4 is 15.9 Å². The van der Waals surface area contributed by atoms with Crippen LogP contribution in [0.3, 0.4) is 0 Å². The Hall–Kier alpha value is -1.63. The van der Waals surface area contributed by atoms with Gasteiger partial charge in [0.05, 0.1) is 11.6 Å². The van der Waals surface area contributed by atoms with Crippen LogP contribution < -0.4 is 5.32 Å². The van der Waals surface area contributed by atoms with E-state index in [9.17, 15) is 0 Å². The molecule has 106 valence electrons. The van der Waals surface area contributed by atoms with E-state index >= 15 is 0 Å². The van der Waals surface area contributed by atoms with Gasteiger partial charge in [-0.2, -0.15) is 5.26 Å². The minimum Gasteiger partial charge on any atom is -0.310 e.